The van der Waals surface area contributed by atoms with Crippen LogP contribution < -0.4 is 0 Å². The van der Waals surface area contributed by atoms with Crippen molar-refractivity contribution in [3.05, 3.63) is 0 Å². The smallest absolute Gasteiger partial charge is 0.306 e. The van der Waals surface area contributed by atoms with Gasteiger partial charge < -0.3 is 14.9 Å². The molecule has 0 amide bonds. The summed E-state index contributed by atoms with van der Waals surface area (Å²) in [5, 5.41) is 17.3. The zero-order valence-corrected chi connectivity index (χ0v) is 9.85. The zero-order chi connectivity index (χ0) is 13.3. The third kappa shape index (κ3) is 8.24. The summed E-state index contributed by atoms with van der Waals surface area (Å²) in [7, 11) is 1.25. The molecule has 0 aromatic heterocycles. The van der Waals surface area contributed by atoms with Crippen LogP contribution in [0.2, 0.25) is 0 Å². The minimum absolute atomic E-state index is 0.0450. The Kier molecular flexibility index (Phi) is 7.75. The number of esters is 1. The van der Waals surface area contributed by atoms with Crippen LogP contribution in [-0.2, 0) is 19.1 Å². The van der Waals surface area contributed by atoms with Gasteiger partial charge in [-0.25, -0.2) is 0 Å². The van der Waals surface area contributed by atoms with Crippen molar-refractivity contribution in [2.24, 2.45) is 5.92 Å². The van der Waals surface area contributed by atoms with E-state index < -0.39 is 23.8 Å². The van der Waals surface area contributed by atoms with E-state index in [4.69, 9.17) is 10.2 Å². The van der Waals surface area contributed by atoms with E-state index in [1.807, 2.05) is 0 Å². The summed E-state index contributed by atoms with van der Waals surface area (Å²) < 4.78 is 4.43. The molecule has 0 heterocycles. The van der Waals surface area contributed by atoms with Crippen LogP contribution in [0.5, 0.6) is 0 Å². The number of rotatable bonds is 9. The molecular weight excluding hydrogens is 228 g/mol. The van der Waals surface area contributed by atoms with Crippen LogP contribution in [0.25, 0.3) is 0 Å². The molecule has 17 heavy (non-hydrogen) atoms. The third-order valence-electron chi connectivity index (χ3n) is 2.47. The quantitative estimate of drug-likeness (QED) is 0.469. The molecule has 0 bridgehead atoms. The van der Waals surface area contributed by atoms with Gasteiger partial charge in [0.2, 0.25) is 0 Å². The number of ether oxygens (including phenoxy) is 1. The minimum Gasteiger partial charge on any atom is -0.481 e. The van der Waals surface area contributed by atoms with E-state index in [-0.39, 0.29) is 19.3 Å². The Morgan fingerprint density at radius 3 is 2.18 bits per heavy atom. The second-order valence-corrected chi connectivity index (χ2v) is 3.79. The summed E-state index contributed by atoms with van der Waals surface area (Å²) in [5.41, 5.74) is 0. The number of carboxylic acids is 2. The van der Waals surface area contributed by atoms with Crippen molar-refractivity contribution < 1.29 is 29.3 Å². The molecule has 0 saturated carbocycles. The third-order valence-corrected chi connectivity index (χ3v) is 2.47. The van der Waals surface area contributed by atoms with Gasteiger partial charge in [0.1, 0.15) is 0 Å². The summed E-state index contributed by atoms with van der Waals surface area (Å²) in [6.07, 6.45) is 1.73. The first kappa shape index (κ1) is 15.4. The van der Waals surface area contributed by atoms with Gasteiger partial charge in [0.25, 0.3) is 0 Å². The fraction of sp³-hybridized carbons (Fsp3) is 0.727. The van der Waals surface area contributed by atoms with Gasteiger partial charge in [-0.3, -0.25) is 14.4 Å². The molecule has 1 atom stereocenters. The summed E-state index contributed by atoms with van der Waals surface area (Å²) in [6.45, 7) is 0. The van der Waals surface area contributed by atoms with Crippen molar-refractivity contribution in [3.63, 3.8) is 0 Å². The number of hydrogen-bond donors (Lipinski definition) is 2. The molecule has 0 rings (SSSR count). The molecule has 0 fully saturated rings. The molecule has 0 saturated heterocycles. The number of carbonyl (C=O) groups excluding carboxylic acids is 1. The molecule has 0 aliphatic rings. The highest BCUT2D eigenvalue weighted by Crippen LogP contribution is 2.16. The number of carbonyl (C=O) groups is 3. The second kappa shape index (κ2) is 8.55. The highest BCUT2D eigenvalue weighted by atomic mass is 16.5. The van der Waals surface area contributed by atoms with E-state index in [1.54, 1.807) is 0 Å². The zero-order valence-electron chi connectivity index (χ0n) is 9.85. The first-order chi connectivity index (χ1) is 7.97. The fourth-order valence-corrected chi connectivity index (χ4v) is 1.45. The van der Waals surface area contributed by atoms with E-state index in [2.05, 4.69) is 4.74 Å². The lowest BCUT2D eigenvalue weighted by atomic mass is 9.96. The molecule has 2 N–H and O–H groups in total. The molecule has 0 aliphatic carbocycles. The highest BCUT2D eigenvalue weighted by molar-refractivity contribution is 5.73. The van der Waals surface area contributed by atoms with Crippen LogP contribution in [-0.4, -0.2) is 35.2 Å². The Balaban J connectivity index is 3.87. The largest absolute Gasteiger partial charge is 0.481 e. The summed E-state index contributed by atoms with van der Waals surface area (Å²) in [6, 6.07) is 0. The lowest BCUT2D eigenvalue weighted by Gasteiger charge is -2.10. The molecule has 0 aliphatic heterocycles. The highest BCUT2D eigenvalue weighted by Gasteiger charge is 2.18. The monoisotopic (exact) mass is 246 g/mol. The van der Waals surface area contributed by atoms with Gasteiger partial charge in [-0.15, -0.1) is 0 Å². The van der Waals surface area contributed by atoms with Crippen LogP contribution in [0.3, 0.4) is 0 Å². The standard InChI is InChI=1S/C11H18O6/c1-17-10(14)7-6-8(11(15)16)4-2-3-5-9(12)13/h8H,2-7H2,1H3,(H,12,13)(H,15,16). The maximum Gasteiger partial charge on any atom is 0.306 e. The van der Waals surface area contributed by atoms with E-state index in [0.717, 1.165) is 0 Å². The molecule has 0 radical (unpaired) electrons. The minimum atomic E-state index is -0.954. The van der Waals surface area contributed by atoms with Crippen molar-refractivity contribution in [3.8, 4) is 0 Å². The Morgan fingerprint density at radius 1 is 1.06 bits per heavy atom. The van der Waals surface area contributed by atoms with Gasteiger partial charge in [-0.1, -0.05) is 6.42 Å². The molecule has 0 aromatic carbocycles. The molecule has 98 valence electrons. The van der Waals surface area contributed by atoms with Gasteiger partial charge in [0.05, 0.1) is 13.0 Å². The number of carboxylic acid groups (broad SMARTS) is 2. The van der Waals surface area contributed by atoms with Gasteiger partial charge >= 0.3 is 17.9 Å². The molecule has 1 unspecified atom stereocenters. The van der Waals surface area contributed by atoms with Gasteiger partial charge in [0.15, 0.2) is 0 Å². The molecular formula is C11H18O6. The Labute approximate surface area is 99.6 Å². The van der Waals surface area contributed by atoms with E-state index in [1.165, 1.54) is 7.11 Å². The van der Waals surface area contributed by atoms with E-state index >= 15 is 0 Å². The fourth-order valence-electron chi connectivity index (χ4n) is 1.45. The lowest BCUT2D eigenvalue weighted by molar-refractivity contribution is -0.144. The second-order valence-electron chi connectivity index (χ2n) is 3.79. The Bertz CT molecular complexity index is 273. The maximum atomic E-state index is 10.9. The van der Waals surface area contributed by atoms with Crippen LogP contribution in [0.1, 0.15) is 38.5 Å². The van der Waals surface area contributed by atoms with E-state index in [9.17, 15) is 14.4 Å². The number of unbranched alkanes of at least 4 members (excludes halogenated alkanes) is 1. The first-order valence-electron chi connectivity index (χ1n) is 5.48. The number of hydrogen-bond acceptors (Lipinski definition) is 4. The first-order valence-corrected chi connectivity index (χ1v) is 5.48. The normalized spacial score (nSPS) is 11.8. The summed E-state index contributed by atoms with van der Waals surface area (Å²) >= 11 is 0. The SMILES string of the molecule is COC(=O)CCC(CCCCC(=O)O)C(=O)O. The Morgan fingerprint density at radius 2 is 1.71 bits per heavy atom. The predicted octanol–water partition coefficient (Wildman–Crippen LogP) is 1.29. The molecule has 6 nitrogen and oxygen atoms in total. The topological polar surface area (TPSA) is 101 Å². The maximum absolute atomic E-state index is 10.9. The van der Waals surface area contributed by atoms with Crippen LogP contribution in [0, 0.1) is 5.92 Å². The van der Waals surface area contributed by atoms with Crippen LogP contribution >= 0.6 is 0 Å². The van der Waals surface area contributed by atoms with Gasteiger partial charge in [-0.05, 0) is 19.3 Å². The Hall–Kier alpha value is -1.59. The molecule has 6 heteroatoms. The molecule has 0 aromatic rings. The summed E-state index contributed by atoms with van der Waals surface area (Å²) in [4.78, 5) is 32.0. The van der Waals surface area contributed by atoms with Crippen molar-refractivity contribution in [2.75, 3.05) is 7.11 Å². The number of methoxy groups -OCH3 is 1. The van der Waals surface area contributed by atoms with Crippen LogP contribution in [0.15, 0.2) is 0 Å². The van der Waals surface area contributed by atoms with Gasteiger partial charge in [-0.2, -0.15) is 0 Å². The lowest BCUT2D eigenvalue weighted by Crippen LogP contribution is -2.16. The predicted molar refractivity (Wildman–Crippen MR) is 58.5 cm³/mol. The van der Waals surface area contributed by atoms with Gasteiger partial charge in [0, 0.05) is 12.8 Å². The van der Waals surface area contributed by atoms with Crippen molar-refractivity contribution in [2.45, 2.75) is 38.5 Å². The van der Waals surface area contributed by atoms with Crippen molar-refractivity contribution in [1.29, 1.82) is 0 Å². The average Bonchev–Trinajstić information content (AvgIpc) is 2.26. The van der Waals surface area contributed by atoms with Crippen molar-refractivity contribution in [1.82, 2.24) is 0 Å². The van der Waals surface area contributed by atoms with E-state index in [0.29, 0.717) is 19.3 Å². The van der Waals surface area contributed by atoms with Crippen molar-refractivity contribution >= 4 is 17.9 Å². The number of aliphatic carboxylic acids is 2. The molecule has 0 spiro atoms. The summed E-state index contributed by atoms with van der Waals surface area (Å²) in [5.74, 6) is -2.87. The van der Waals surface area contributed by atoms with Crippen LogP contribution in [0.4, 0.5) is 0 Å². The average molecular weight is 246 g/mol.